The highest BCUT2D eigenvalue weighted by Crippen LogP contribution is 2.27. The van der Waals surface area contributed by atoms with Gasteiger partial charge in [-0.05, 0) is 37.2 Å². The van der Waals surface area contributed by atoms with E-state index in [0.717, 1.165) is 0 Å². The zero-order valence-electron chi connectivity index (χ0n) is 12.1. The fraction of sp³-hybridized carbons (Fsp3) is 0.312. The van der Waals surface area contributed by atoms with Crippen molar-refractivity contribution in [2.24, 2.45) is 0 Å². The van der Waals surface area contributed by atoms with E-state index in [2.05, 4.69) is 10.3 Å². The first kappa shape index (κ1) is 15.4. The summed E-state index contributed by atoms with van der Waals surface area (Å²) >= 11 is 0. The summed E-state index contributed by atoms with van der Waals surface area (Å²) in [4.78, 5) is 4.29. The number of hydrogen-bond donors (Lipinski definition) is 1. The molecule has 0 bridgehead atoms. The van der Waals surface area contributed by atoms with Gasteiger partial charge in [0.2, 0.25) is 0 Å². The van der Waals surface area contributed by atoms with E-state index in [-0.39, 0.29) is 18.0 Å². The number of rotatable bonds is 6. The van der Waals surface area contributed by atoms with Crippen molar-refractivity contribution < 1.29 is 13.5 Å². The maximum absolute atomic E-state index is 13.8. The number of benzene rings is 1. The van der Waals surface area contributed by atoms with Gasteiger partial charge < -0.3 is 10.1 Å². The topological polar surface area (TPSA) is 34.2 Å². The van der Waals surface area contributed by atoms with Gasteiger partial charge in [0.25, 0.3) is 0 Å². The predicted molar refractivity (Wildman–Crippen MR) is 77.3 cm³/mol. The molecule has 0 spiro atoms. The summed E-state index contributed by atoms with van der Waals surface area (Å²) in [5.74, 6) is -0.499. The Balaban J connectivity index is 2.35. The maximum Gasteiger partial charge on any atom is 0.141 e. The van der Waals surface area contributed by atoms with E-state index in [1.165, 1.54) is 18.2 Å². The smallest absolute Gasteiger partial charge is 0.141 e. The van der Waals surface area contributed by atoms with Crippen molar-refractivity contribution in [1.29, 1.82) is 0 Å². The Morgan fingerprint density at radius 3 is 2.52 bits per heavy atom. The van der Waals surface area contributed by atoms with Crippen LogP contribution in [0, 0.1) is 11.6 Å². The summed E-state index contributed by atoms with van der Waals surface area (Å²) in [6.07, 6.45) is 1.81. The van der Waals surface area contributed by atoms with Crippen LogP contribution in [0.15, 0.2) is 36.5 Å². The Hall–Kier alpha value is -2.01. The van der Waals surface area contributed by atoms with E-state index in [9.17, 15) is 8.78 Å². The number of aromatic nitrogens is 1. The lowest BCUT2D eigenvalue weighted by atomic mass is 10.0. The number of likely N-dealkylation sites (N-methyl/N-ethyl adjacent to an activating group) is 1. The molecule has 0 aliphatic rings. The van der Waals surface area contributed by atoms with Crippen LogP contribution in [0.4, 0.5) is 8.78 Å². The van der Waals surface area contributed by atoms with Crippen LogP contribution < -0.4 is 10.1 Å². The summed E-state index contributed by atoms with van der Waals surface area (Å²) in [5, 5.41) is 3.20. The minimum Gasteiger partial charge on any atom is -0.495 e. The molecule has 0 saturated carbocycles. The maximum atomic E-state index is 13.8. The zero-order chi connectivity index (χ0) is 15.2. The third kappa shape index (κ3) is 3.55. The van der Waals surface area contributed by atoms with Gasteiger partial charge in [0, 0.05) is 11.8 Å². The monoisotopic (exact) mass is 292 g/mol. The molecule has 1 heterocycles. The first-order chi connectivity index (χ1) is 10.2. The molecule has 0 radical (unpaired) electrons. The SMILES string of the molecule is CCNC(Cc1c(F)cccc1F)c1ncccc1OC. The zero-order valence-corrected chi connectivity index (χ0v) is 12.1. The van der Waals surface area contributed by atoms with E-state index < -0.39 is 11.6 Å². The summed E-state index contributed by atoms with van der Waals surface area (Å²) in [5.41, 5.74) is 0.695. The highest BCUT2D eigenvalue weighted by Gasteiger charge is 2.20. The Morgan fingerprint density at radius 2 is 1.90 bits per heavy atom. The van der Waals surface area contributed by atoms with Crippen LogP contribution in [0.2, 0.25) is 0 Å². The first-order valence-corrected chi connectivity index (χ1v) is 6.82. The molecule has 0 amide bonds. The van der Waals surface area contributed by atoms with Gasteiger partial charge in [-0.1, -0.05) is 13.0 Å². The number of hydrogen-bond acceptors (Lipinski definition) is 3. The van der Waals surface area contributed by atoms with Gasteiger partial charge in [0.1, 0.15) is 17.4 Å². The quantitative estimate of drug-likeness (QED) is 0.887. The molecule has 1 atom stereocenters. The average Bonchev–Trinajstić information content (AvgIpc) is 2.50. The second kappa shape index (κ2) is 7.13. The highest BCUT2D eigenvalue weighted by atomic mass is 19.1. The lowest BCUT2D eigenvalue weighted by molar-refractivity contribution is 0.392. The second-order valence-corrected chi connectivity index (χ2v) is 4.61. The number of pyridine rings is 1. The van der Waals surface area contributed by atoms with Crippen molar-refractivity contribution in [2.75, 3.05) is 13.7 Å². The molecule has 0 aliphatic carbocycles. The molecule has 112 valence electrons. The fourth-order valence-electron chi connectivity index (χ4n) is 2.28. The molecule has 2 rings (SSSR count). The normalized spacial score (nSPS) is 12.2. The van der Waals surface area contributed by atoms with Gasteiger partial charge in [0.05, 0.1) is 18.8 Å². The van der Waals surface area contributed by atoms with E-state index in [1.807, 2.05) is 6.92 Å². The third-order valence-electron chi connectivity index (χ3n) is 3.27. The molecule has 3 nitrogen and oxygen atoms in total. The summed E-state index contributed by atoms with van der Waals surface area (Å²) < 4.78 is 32.9. The minimum atomic E-state index is -0.548. The van der Waals surface area contributed by atoms with Gasteiger partial charge in [0.15, 0.2) is 0 Å². The van der Waals surface area contributed by atoms with Crippen molar-refractivity contribution in [2.45, 2.75) is 19.4 Å². The van der Waals surface area contributed by atoms with Gasteiger partial charge in [-0.2, -0.15) is 0 Å². The van der Waals surface area contributed by atoms with Crippen LogP contribution in [0.5, 0.6) is 5.75 Å². The molecule has 1 N–H and O–H groups in total. The molecule has 0 saturated heterocycles. The van der Waals surface area contributed by atoms with Crippen LogP contribution >= 0.6 is 0 Å². The van der Waals surface area contributed by atoms with Crippen molar-refractivity contribution in [3.8, 4) is 5.75 Å². The predicted octanol–water partition coefficient (Wildman–Crippen LogP) is 3.26. The Kier molecular flexibility index (Phi) is 5.22. The van der Waals surface area contributed by atoms with Crippen molar-refractivity contribution in [1.82, 2.24) is 10.3 Å². The molecule has 0 aliphatic heterocycles. The van der Waals surface area contributed by atoms with Crippen molar-refractivity contribution in [3.63, 3.8) is 0 Å². The van der Waals surface area contributed by atoms with E-state index >= 15 is 0 Å². The van der Waals surface area contributed by atoms with Crippen LogP contribution in [-0.4, -0.2) is 18.6 Å². The Morgan fingerprint density at radius 1 is 1.19 bits per heavy atom. The summed E-state index contributed by atoms with van der Waals surface area (Å²) in [6.45, 7) is 2.58. The standard InChI is InChI=1S/C16H18F2N2O/c1-3-19-14(16-15(21-2)8-5-9-20-16)10-11-12(17)6-4-7-13(11)18/h4-9,14,19H,3,10H2,1-2H3. The van der Waals surface area contributed by atoms with Crippen molar-refractivity contribution >= 4 is 0 Å². The first-order valence-electron chi connectivity index (χ1n) is 6.82. The van der Waals surface area contributed by atoms with Gasteiger partial charge in [-0.3, -0.25) is 4.98 Å². The summed E-state index contributed by atoms with van der Waals surface area (Å²) in [6, 6.07) is 7.10. The second-order valence-electron chi connectivity index (χ2n) is 4.61. The molecule has 1 aromatic carbocycles. The summed E-state index contributed by atoms with van der Waals surface area (Å²) in [7, 11) is 1.55. The molecular formula is C16H18F2N2O. The van der Waals surface area contributed by atoms with E-state index in [0.29, 0.717) is 18.0 Å². The third-order valence-corrected chi connectivity index (χ3v) is 3.27. The molecule has 2 aromatic rings. The van der Waals surface area contributed by atoms with Gasteiger partial charge in [-0.15, -0.1) is 0 Å². The van der Waals surface area contributed by atoms with Crippen molar-refractivity contribution in [3.05, 3.63) is 59.4 Å². The molecule has 21 heavy (non-hydrogen) atoms. The van der Waals surface area contributed by atoms with Crippen LogP contribution in [0.1, 0.15) is 24.2 Å². The number of halogens is 2. The molecule has 5 heteroatoms. The largest absolute Gasteiger partial charge is 0.495 e. The number of nitrogens with zero attached hydrogens (tertiary/aromatic N) is 1. The lowest BCUT2D eigenvalue weighted by Gasteiger charge is -2.20. The van der Waals surface area contributed by atoms with E-state index in [1.54, 1.807) is 25.4 Å². The molecule has 1 aromatic heterocycles. The minimum absolute atomic E-state index is 0.0520. The number of methoxy groups -OCH3 is 1. The average molecular weight is 292 g/mol. The lowest BCUT2D eigenvalue weighted by Crippen LogP contribution is -2.25. The molecule has 1 unspecified atom stereocenters. The van der Waals surface area contributed by atoms with Crippen LogP contribution in [0.3, 0.4) is 0 Å². The van der Waals surface area contributed by atoms with E-state index in [4.69, 9.17) is 4.74 Å². The fourth-order valence-corrected chi connectivity index (χ4v) is 2.28. The highest BCUT2D eigenvalue weighted by molar-refractivity contribution is 5.32. The van der Waals surface area contributed by atoms with Gasteiger partial charge >= 0.3 is 0 Å². The van der Waals surface area contributed by atoms with Crippen LogP contribution in [0.25, 0.3) is 0 Å². The molecular weight excluding hydrogens is 274 g/mol. The molecule has 0 fully saturated rings. The van der Waals surface area contributed by atoms with Gasteiger partial charge in [-0.25, -0.2) is 8.78 Å². The van der Waals surface area contributed by atoms with Crippen LogP contribution in [-0.2, 0) is 6.42 Å². The Bertz CT molecular complexity index is 584. The number of ether oxygens (including phenoxy) is 1. The number of nitrogens with one attached hydrogen (secondary N) is 1. The Labute approximate surface area is 123 Å².